The smallest absolute Gasteiger partial charge is 0.150 e. The molecule has 19 heavy (non-hydrogen) atoms. The fourth-order valence-electron chi connectivity index (χ4n) is 2.87. The van der Waals surface area contributed by atoms with Gasteiger partial charge in [-0.05, 0) is 42.7 Å². The first-order valence-electron chi connectivity index (χ1n) is 7.07. The Kier molecular flexibility index (Phi) is 4.63. The van der Waals surface area contributed by atoms with Crippen LogP contribution in [0.3, 0.4) is 0 Å². The van der Waals surface area contributed by atoms with Crippen molar-refractivity contribution in [1.29, 1.82) is 0 Å². The molecular weight excluding hydrogens is 258 g/mol. The van der Waals surface area contributed by atoms with Crippen molar-refractivity contribution < 1.29 is 8.42 Å². The van der Waals surface area contributed by atoms with Crippen LogP contribution >= 0.6 is 0 Å². The lowest BCUT2D eigenvalue weighted by Crippen LogP contribution is -2.24. The number of aryl methyl sites for hydroxylation is 1. The Labute approximate surface area is 116 Å². The van der Waals surface area contributed by atoms with E-state index in [1.54, 1.807) is 6.92 Å². The van der Waals surface area contributed by atoms with Gasteiger partial charge in [-0.1, -0.05) is 31.2 Å². The zero-order valence-electron chi connectivity index (χ0n) is 11.5. The van der Waals surface area contributed by atoms with Gasteiger partial charge in [-0.25, -0.2) is 8.42 Å². The Bertz CT molecular complexity index is 525. The highest BCUT2D eigenvalue weighted by Gasteiger charge is 2.25. The predicted octanol–water partition coefficient (Wildman–Crippen LogP) is 2.46. The van der Waals surface area contributed by atoms with Crippen LogP contribution in [-0.4, -0.2) is 19.9 Å². The summed E-state index contributed by atoms with van der Waals surface area (Å²) in [5, 5.41) is 0. The monoisotopic (exact) mass is 281 g/mol. The van der Waals surface area contributed by atoms with Gasteiger partial charge in [0.05, 0.1) is 5.75 Å². The van der Waals surface area contributed by atoms with E-state index in [0.717, 1.165) is 19.3 Å². The average Bonchev–Trinajstić information content (AvgIpc) is 2.57. The maximum Gasteiger partial charge on any atom is 0.150 e. The van der Waals surface area contributed by atoms with Crippen molar-refractivity contribution in [3.63, 3.8) is 0 Å². The van der Waals surface area contributed by atoms with Gasteiger partial charge in [-0.3, -0.25) is 0 Å². The highest BCUT2D eigenvalue weighted by molar-refractivity contribution is 7.91. The van der Waals surface area contributed by atoms with Gasteiger partial charge in [0.2, 0.25) is 0 Å². The summed E-state index contributed by atoms with van der Waals surface area (Å²) in [5.74, 6) is 0.778. The molecule has 0 amide bonds. The summed E-state index contributed by atoms with van der Waals surface area (Å²) in [6.45, 7) is 1.71. The van der Waals surface area contributed by atoms with Crippen molar-refractivity contribution in [2.45, 2.75) is 38.6 Å². The first-order chi connectivity index (χ1) is 9.03. The Morgan fingerprint density at radius 3 is 2.79 bits per heavy atom. The van der Waals surface area contributed by atoms with E-state index in [1.807, 2.05) is 12.1 Å². The topological polar surface area (TPSA) is 60.2 Å². The third-order valence-electron chi connectivity index (χ3n) is 4.18. The summed E-state index contributed by atoms with van der Waals surface area (Å²) in [6.07, 6.45) is 3.86. The van der Waals surface area contributed by atoms with E-state index in [2.05, 4.69) is 12.1 Å². The lowest BCUT2D eigenvalue weighted by atomic mass is 9.89. The van der Waals surface area contributed by atoms with E-state index < -0.39 is 9.84 Å². The summed E-state index contributed by atoms with van der Waals surface area (Å²) in [5.41, 5.74) is 8.90. The molecule has 0 bridgehead atoms. The number of hydrogen-bond donors (Lipinski definition) is 1. The van der Waals surface area contributed by atoms with Gasteiger partial charge in [-0.2, -0.15) is 0 Å². The van der Waals surface area contributed by atoms with Gasteiger partial charge < -0.3 is 5.73 Å². The molecule has 1 aromatic rings. The van der Waals surface area contributed by atoms with Crippen molar-refractivity contribution in [2.24, 2.45) is 11.7 Å². The van der Waals surface area contributed by atoms with E-state index in [-0.39, 0.29) is 23.5 Å². The zero-order chi connectivity index (χ0) is 13.9. The zero-order valence-corrected chi connectivity index (χ0v) is 12.3. The molecule has 1 aliphatic rings. The molecule has 1 aromatic carbocycles. The number of hydrogen-bond acceptors (Lipinski definition) is 3. The number of sulfone groups is 1. The minimum Gasteiger partial charge on any atom is -0.324 e. The Morgan fingerprint density at radius 1 is 1.32 bits per heavy atom. The average molecular weight is 281 g/mol. The molecular formula is C15H23NO2S. The number of nitrogens with two attached hydrogens (primary N) is 1. The second-order valence-corrected chi connectivity index (χ2v) is 7.87. The lowest BCUT2D eigenvalue weighted by molar-refractivity contribution is 0.392. The molecule has 0 heterocycles. The van der Waals surface area contributed by atoms with Crippen LogP contribution in [0.4, 0.5) is 0 Å². The van der Waals surface area contributed by atoms with Crippen LogP contribution in [0, 0.1) is 5.92 Å². The van der Waals surface area contributed by atoms with Crippen LogP contribution in [0.2, 0.25) is 0 Å². The normalized spacial score (nSPS) is 23.7. The Hall–Kier alpha value is -0.870. The quantitative estimate of drug-likeness (QED) is 0.862. The standard InChI is InChI=1S/C15H23NO2S/c1-2-19(17,18)11-10-13-8-5-7-12-6-3-4-9-14(12)15(13)16/h3-4,6,9,13,15H,2,5,7-8,10-11,16H2,1H3. The lowest BCUT2D eigenvalue weighted by Gasteiger charge is -2.22. The van der Waals surface area contributed by atoms with Crippen molar-refractivity contribution in [3.8, 4) is 0 Å². The molecule has 2 unspecified atom stereocenters. The predicted molar refractivity (Wildman–Crippen MR) is 78.7 cm³/mol. The second-order valence-electron chi connectivity index (χ2n) is 5.40. The fourth-order valence-corrected chi connectivity index (χ4v) is 3.82. The van der Waals surface area contributed by atoms with E-state index in [0.29, 0.717) is 6.42 Å². The summed E-state index contributed by atoms with van der Waals surface area (Å²) in [7, 11) is -2.89. The molecule has 2 atom stereocenters. The van der Waals surface area contributed by atoms with Crippen molar-refractivity contribution in [1.82, 2.24) is 0 Å². The van der Waals surface area contributed by atoms with Gasteiger partial charge >= 0.3 is 0 Å². The molecule has 0 saturated carbocycles. The molecule has 2 N–H and O–H groups in total. The largest absolute Gasteiger partial charge is 0.324 e. The van der Waals surface area contributed by atoms with E-state index >= 15 is 0 Å². The van der Waals surface area contributed by atoms with Gasteiger partial charge in [0.25, 0.3) is 0 Å². The summed E-state index contributed by atoms with van der Waals surface area (Å²) >= 11 is 0. The molecule has 0 fully saturated rings. The number of benzene rings is 1. The third-order valence-corrected chi connectivity index (χ3v) is 5.92. The Morgan fingerprint density at radius 2 is 2.05 bits per heavy atom. The van der Waals surface area contributed by atoms with Gasteiger partial charge in [0, 0.05) is 11.8 Å². The van der Waals surface area contributed by atoms with Crippen LogP contribution in [0.25, 0.3) is 0 Å². The van der Waals surface area contributed by atoms with Gasteiger partial charge in [0.15, 0.2) is 0 Å². The van der Waals surface area contributed by atoms with Crippen molar-refractivity contribution in [2.75, 3.05) is 11.5 Å². The van der Waals surface area contributed by atoms with Crippen LogP contribution in [0.1, 0.15) is 43.4 Å². The van der Waals surface area contributed by atoms with Gasteiger partial charge in [0.1, 0.15) is 9.84 Å². The van der Waals surface area contributed by atoms with Crippen LogP contribution in [0.15, 0.2) is 24.3 Å². The minimum atomic E-state index is -2.89. The second kappa shape index (κ2) is 6.06. The van der Waals surface area contributed by atoms with Crippen molar-refractivity contribution >= 4 is 9.84 Å². The highest BCUT2D eigenvalue weighted by atomic mass is 32.2. The molecule has 0 radical (unpaired) electrons. The molecule has 0 spiro atoms. The maximum atomic E-state index is 11.6. The molecule has 2 rings (SSSR count). The molecule has 3 nitrogen and oxygen atoms in total. The van der Waals surface area contributed by atoms with Crippen molar-refractivity contribution in [3.05, 3.63) is 35.4 Å². The van der Waals surface area contributed by atoms with Crippen LogP contribution in [-0.2, 0) is 16.3 Å². The first-order valence-corrected chi connectivity index (χ1v) is 8.89. The first kappa shape index (κ1) is 14.5. The maximum absolute atomic E-state index is 11.6. The molecule has 0 aliphatic heterocycles. The Balaban J connectivity index is 2.11. The summed E-state index contributed by atoms with van der Waals surface area (Å²) in [4.78, 5) is 0. The SMILES string of the molecule is CCS(=O)(=O)CCC1CCCc2ccccc2C1N. The molecule has 0 saturated heterocycles. The molecule has 0 aromatic heterocycles. The van der Waals surface area contributed by atoms with E-state index in [4.69, 9.17) is 5.73 Å². The fraction of sp³-hybridized carbons (Fsp3) is 0.600. The molecule has 1 aliphatic carbocycles. The molecule has 4 heteroatoms. The third kappa shape index (κ3) is 3.57. The van der Waals surface area contributed by atoms with Gasteiger partial charge in [-0.15, -0.1) is 0 Å². The summed E-state index contributed by atoms with van der Waals surface area (Å²) in [6, 6.07) is 8.27. The molecule has 106 valence electrons. The van der Waals surface area contributed by atoms with Crippen LogP contribution < -0.4 is 5.73 Å². The van der Waals surface area contributed by atoms with E-state index in [9.17, 15) is 8.42 Å². The van der Waals surface area contributed by atoms with Crippen LogP contribution in [0.5, 0.6) is 0 Å². The number of fused-ring (bicyclic) bond motifs is 1. The minimum absolute atomic E-state index is 0.0224. The summed E-state index contributed by atoms with van der Waals surface area (Å²) < 4.78 is 23.3. The number of rotatable bonds is 4. The highest BCUT2D eigenvalue weighted by Crippen LogP contribution is 2.33. The van der Waals surface area contributed by atoms with E-state index in [1.165, 1.54) is 11.1 Å².